The Bertz CT molecular complexity index is 1780. The third-order valence-corrected chi connectivity index (χ3v) is 7.52. The van der Waals surface area contributed by atoms with Crippen LogP contribution in [0.2, 0.25) is 5.15 Å². The Morgan fingerprint density at radius 1 is 1.02 bits per heavy atom. The molecule has 53 heavy (non-hydrogen) atoms. The second-order valence-electron chi connectivity index (χ2n) is 11.0. The fraction of sp³-hybridized carbons (Fsp3) is 0.441. The predicted octanol–water partition coefficient (Wildman–Crippen LogP) is 5.85. The van der Waals surface area contributed by atoms with Crippen LogP contribution in [0.4, 0.5) is 4.79 Å². The summed E-state index contributed by atoms with van der Waals surface area (Å²) < 4.78 is 26.3. The average molecular weight is 760 g/mol. The smallest absolute Gasteiger partial charge is 0.434 e. The van der Waals surface area contributed by atoms with E-state index >= 15 is 0 Å². The zero-order valence-corrected chi connectivity index (χ0v) is 30.8. The first kappa shape index (κ1) is 41.8. The molecular weight excluding hydrogens is 718 g/mol. The van der Waals surface area contributed by atoms with Crippen LogP contribution >= 0.6 is 11.6 Å². The summed E-state index contributed by atoms with van der Waals surface area (Å²) in [5, 5.41) is 21.8. The Balaban J connectivity index is 0.00000180. The maximum atomic E-state index is 13.0. The summed E-state index contributed by atoms with van der Waals surface area (Å²) in [7, 11) is 1.68. The number of nitrogens with zero attached hydrogens (tertiary/aromatic N) is 7. The summed E-state index contributed by atoms with van der Waals surface area (Å²) in [4.78, 5) is 55.6. The SMILES string of the molecule is CCCCc1nc(Cl)c(C(=O)OC(C)OC=O)n1Cc1ccc(-c2ccccc2-c2nnn(C(C)OC(=O)OCCCO[N+](=O)[O-])n2)cc1.CCOC. The van der Waals surface area contributed by atoms with Gasteiger partial charge < -0.3 is 33.1 Å². The van der Waals surface area contributed by atoms with Crippen molar-refractivity contribution >= 4 is 30.2 Å². The number of imidazole rings is 1. The van der Waals surface area contributed by atoms with Gasteiger partial charge in [-0.25, -0.2) is 14.6 Å². The van der Waals surface area contributed by atoms with Crippen molar-refractivity contribution in [3.63, 3.8) is 0 Å². The lowest BCUT2D eigenvalue weighted by Gasteiger charge is -2.15. The second kappa shape index (κ2) is 21.7. The van der Waals surface area contributed by atoms with E-state index < -0.39 is 29.7 Å². The van der Waals surface area contributed by atoms with Crippen LogP contribution < -0.4 is 0 Å². The highest BCUT2D eigenvalue weighted by Gasteiger charge is 2.25. The topological polar surface area (TPSA) is 211 Å². The zero-order valence-electron chi connectivity index (χ0n) is 30.0. The van der Waals surface area contributed by atoms with E-state index in [9.17, 15) is 24.5 Å². The van der Waals surface area contributed by atoms with Gasteiger partial charge in [0.25, 0.3) is 11.6 Å². The highest BCUT2D eigenvalue weighted by atomic mass is 35.5. The number of unbranched alkanes of at least 4 members (excludes halogenated alkanes) is 1. The molecule has 0 amide bonds. The number of hydrogen-bond acceptors (Lipinski definition) is 15. The molecule has 2 aromatic heterocycles. The first-order chi connectivity index (χ1) is 25.5. The molecule has 0 aliphatic heterocycles. The molecule has 4 rings (SSSR count). The molecule has 0 spiro atoms. The van der Waals surface area contributed by atoms with Crippen LogP contribution in [0.15, 0.2) is 48.5 Å². The molecule has 0 aliphatic rings. The molecule has 2 aromatic carbocycles. The fourth-order valence-electron chi connectivity index (χ4n) is 4.63. The Kier molecular flexibility index (Phi) is 17.1. The first-order valence-corrected chi connectivity index (χ1v) is 17.0. The summed E-state index contributed by atoms with van der Waals surface area (Å²) in [6.07, 6.45) is -0.622. The Morgan fingerprint density at radius 3 is 2.36 bits per heavy atom. The largest absolute Gasteiger partial charge is 0.510 e. The Labute approximate surface area is 310 Å². The van der Waals surface area contributed by atoms with Crippen LogP contribution in [0.25, 0.3) is 22.5 Å². The molecule has 0 bridgehead atoms. The molecule has 2 heterocycles. The molecule has 4 aromatic rings. The van der Waals surface area contributed by atoms with Crippen molar-refractivity contribution in [2.75, 3.05) is 26.9 Å². The summed E-state index contributed by atoms with van der Waals surface area (Å²) >= 11 is 6.40. The van der Waals surface area contributed by atoms with E-state index in [2.05, 4.69) is 30.0 Å². The third-order valence-electron chi connectivity index (χ3n) is 7.26. The maximum absolute atomic E-state index is 13.0. The van der Waals surface area contributed by atoms with Gasteiger partial charge in [-0.1, -0.05) is 73.5 Å². The van der Waals surface area contributed by atoms with Gasteiger partial charge in [0.2, 0.25) is 18.3 Å². The van der Waals surface area contributed by atoms with Crippen LogP contribution in [0.3, 0.4) is 0 Å². The monoisotopic (exact) mass is 759 g/mol. The number of carbonyl (C=O) groups excluding carboxylic acids is 3. The number of methoxy groups -OCH3 is 1. The van der Waals surface area contributed by atoms with Crippen molar-refractivity contribution in [3.05, 3.63) is 80.9 Å². The Morgan fingerprint density at radius 2 is 1.72 bits per heavy atom. The molecular formula is C34H42ClN7O11. The molecule has 2 atom stereocenters. The lowest BCUT2D eigenvalue weighted by Crippen LogP contribution is -2.21. The van der Waals surface area contributed by atoms with E-state index in [4.69, 9.17) is 30.5 Å². The molecule has 2 unspecified atom stereocenters. The summed E-state index contributed by atoms with van der Waals surface area (Å²) in [6, 6.07) is 15.1. The predicted molar refractivity (Wildman–Crippen MR) is 188 cm³/mol. The molecule has 0 saturated heterocycles. The summed E-state index contributed by atoms with van der Waals surface area (Å²) in [5.74, 6) is 0.141. The normalized spacial score (nSPS) is 11.7. The van der Waals surface area contributed by atoms with Gasteiger partial charge in [0.1, 0.15) is 5.82 Å². The van der Waals surface area contributed by atoms with Crippen molar-refractivity contribution in [1.82, 2.24) is 29.8 Å². The number of carbonyl (C=O) groups is 3. The minimum atomic E-state index is -1.10. The molecule has 0 aliphatic carbocycles. The fourth-order valence-corrected chi connectivity index (χ4v) is 4.91. The van der Waals surface area contributed by atoms with Crippen molar-refractivity contribution in [3.8, 4) is 22.5 Å². The van der Waals surface area contributed by atoms with E-state index in [-0.39, 0.29) is 49.3 Å². The Hall–Kier alpha value is -5.62. The number of tetrazole rings is 1. The molecule has 18 nitrogen and oxygen atoms in total. The first-order valence-electron chi connectivity index (χ1n) is 16.7. The molecule has 286 valence electrons. The molecule has 0 fully saturated rings. The zero-order chi connectivity index (χ0) is 38.8. The number of esters is 1. The van der Waals surface area contributed by atoms with Crippen LogP contribution in [0.1, 0.15) is 75.1 Å². The highest BCUT2D eigenvalue weighted by molar-refractivity contribution is 6.32. The quantitative estimate of drug-likeness (QED) is 0.0274. The highest BCUT2D eigenvalue weighted by Crippen LogP contribution is 2.31. The minimum Gasteiger partial charge on any atom is -0.434 e. The van der Waals surface area contributed by atoms with E-state index in [0.717, 1.165) is 40.9 Å². The maximum Gasteiger partial charge on any atom is 0.510 e. The molecule has 0 N–H and O–H groups in total. The van der Waals surface area contributed by atoms with E-state index in [0.29, 0.717) is 17.8 Å². The van der Waals surface area contributed by atoms with Crippen molar-refractivity contribution in [1.29, 1.82) is 0 Å². The average Bonchev–Trinajstić information content (AvgIpc) is 3.75. The molecule has 0 radical (unpaired) electrons. The second-order valence-corrected chi connectivity index (χ2v) is 11.4. The van der Waals surface area contributed by atoms with Gasteiger partial charge >= 0.3 is 12.1 Å². The van der Waals surface area contributed by atoms with Crippen LogP contribution in [-0.2, 0) is 46.3 Å². The van der Waals surface area contributed by atoms with E-state index in [1.165, 1.54) is 13.8 Å². The third kappa shape index (κ3) is 12.8. The van der Waals surface area contributed by atoms with Gasteiger partial charge in [0.15, 0.2) is 10.8 Å². The number of rotatable bonds is 19. The molecule has 19 heteroatoms. The summed E-state index contributed by atoms with van der Waals surface area (Å²) in [5.41, 5.74) is 3.24. The van der Waals surface area contributed by atoms with Gasteiger partial charge in [0.05, 0.1) is 13.2 Å². The van der Waals surface area contributed by atoms with E-state index in [1.54, 1.807) is 11.7 Å². The van der Waals surface area contributed by atoms with Gasteiger partial charge in [-0.15, -0.1) is 25.1 Å². The van der Waals surface area contributed by atoms with Crippen LogP contribution in [0, 0.1) is 10.1 Å². The van der Waals surface area contributed by atoms with E-state index in [1.807, 2.05) is 62.4 Å². The minimum absolute atomic E-state index is 0.00240. The van der Waals surface area contributed by atoms with Gasteiger partial charge in [0, 0.05) is 45.6 Å². The summed E-state index contributed by atoms with van der Waals surface area (Å²) in [6.45, 7) is 7.89. The lowest BCUT2D eigenvalue weighted by molar-refractivity contribution is -0.757. The number of halogens is 1. The van der Waals surface area contributed by atoms with Crippen LogP contribution in [0.5, 0.6) is 0 Å². The number of benzene rings is 2. The molecule has 0 saturated carbocycles. The number of ether oxygens (including phenoxy) is 5. The lowest BCUT2D eigenvalue weighted by atomic mass is 9.98. The van der Waals surface area contributed by atoms with Gasteiger partial charge in [-0.3, -0.25) is 4.79 Å². The number of aromatic nitrogens is 6. The number of aryl methyl sites for hydroxylation is 1. The van der Waals surface area contributed by atoms with Crippen molar-refractivity contribution in [2.45, 2.75) is 72.4 Å². The van der Waals surface area contributed by atoms with Crippen molar-refractivity contribution < 1.29 is 48.0 Å². The van der Waals surface area contributed by atoms with Crippen molar-refractivity contribution in [2.24, 2.45) is 0 Å². The number of hydrogen-bond donors (Lipinski definition) is 0. The van der Waals surface area contributed by atoms with Gasteiger partial charge in [-0.2, -0.15) is 0 Å². The van der Waals surface area contributed by atoms with Gasteiger partial charge in [-0.05, 0) is 42.2 Å². The van der Waals surface area contributed by atoms with Crippen LogP contribution in [-0.4, -0.2) is 86.7 Å². The standard InChI is InChI=1S/C31H34ClN7O10.C3H8O/c1-4-5-11-26-33-28(32)27(30(41)49-21(3)46-19-40)37(26)18-22-12-14-23(15-13-22)24-9-6-7-10-25(24)29-34-36-38(35-29)20(2)48-31(42)45-16-8-17-47-39(43)44;1-3-4-2/h6-7,9-10,12-15,19-21H,4-5,8,11,16-18H2,1-3H3;3H2,1-2H3.